The lowest BCUT2D eigenvalue weighted by Crippen LogP contribution is -2.29. The Balaban J connectivity index is 1.31. The molecule has 22 heavy (non-hydrogen) atoms. The van der Waals surface area contributed by atoms with Crippen LogP contribution in [0.5, 0.6) is 5.88 Å². The van der Waals surface area contributed by atoms with Crippen molar-refractivity contribution >= 4 is 0 Å². The third-order valence-corrected chi connectivity index (χ3v) is 4.82. The summed E-state index contributed by atoms with van der Waals surface area (Å²) in [5.74, 6) is 0.827. The minimum atomic E-state index is 0.796. The third-order valence-electron chi connectivity index (χ3n) is 4.82. The fourth-order valence-corrected chi connectivity index (χ4v) is 3.40. The summed E-state index contributed by atoms with van der Waals surface area (Å²) in [5, 5.41) is 4.54. The highest BCUT2D eigenvalue weighted by molar-refractivity contribution is 5.16. The van der Waals surface area contributed by atoms with E-state index in [1.807, 2.05) is 0 Å². The van der Waals surface area contributed by atoms with Gasteiger partial charge in [0.05, 0.1) is 6.61 Å². The summed E-state index contributed by atoms with van der Waals surface area (Å²) in [4.78, 5) is 5.03. The molecule has 3 heterocycles. The van der Waals surface area contributed by atoms with Crippen molar-refractivity contribution in [2.45, 2.75) is 45.1 Å². The maximum Gasteiger partial charge on any atom is 0.232 e. The molecule has 0 aliphatic carbocycles. The normalized spacial score (nSPS) is 20.6. The van der Waals surface area contributed by atoms with Crippen LogP contribution in [0.1, 0.15) is 37.8 Å². The van der Waals surface area contributed by atoms with Crippen molar-refractivity contribution in [3.63, 3.8) is 0 Å². The molecule has 1 aromatic rings. The molecule has 0 spiro atoms. The molecule has 124 valence electrons. The van der Waals surface area contributed by atoms with E-state index in [-0.39, 0.29) is 0 Å². The summed E-state index contributed by atoms with van der Waals surface area (Å²) in [7, 11) is 2.22. The summed E-state index contributed by atoms with van der Waals surface area (Å²) in [6, 6.07) is 2.13. The van der Waals surface area contributed by atoms with Gasteiger partial charge in [0, 0.05) is 31.4 Å². The Hall–Kier alpha value is -1.07. The highest BCUT2D eigenvalue weighted by atomic mass is 16.5. The summed E-state index contributed by atoms with van der Waals surface area (Å²) in [6.45, 7) is 7.97. The van der Waals surface area contributed by atoms with Gasteiger partial charge in [-0.25, -0.2) is 0 Å². The van der Waals surface area contributed by atoms with Gasteiger partial charge in [-0.05, 0) is 65.2 Å². The summed E-state index contributed by atoms with van der Waals surface area (Å²) >= 11 is 0. The number of aryl methyl sites for hydroxylation is 2. The number of hydrogen-bond acceptors (Lipinski definition) is 4. The zero-order valence-corrected chi connectivity index (χ0v) is 14.0. The fraction of sp³-hybridized carbons (Fsp3) is 0.824. The van der Waals surface area contributed by atoms with Crippen molar-refractivity contribution < 1.29 is 4.74 Å². The molecule has 2 aliphatic rings. The monoisotopic (exact) mass is 306 g/mol. The van der Waals surface area contributed by atoms with Crippen LogP contribution in [-0.2, 0) is 13.0 Å². The first-order valence-electron chi connectivity index (χ1n) is 8.92. The summed E-state index contributed by atoms with van der Waals surface area (Å²) < 4.78 is 7.95. The van der Waals surface area contributed by atoms with Gasteiger partial charge in [-0.2, -0.15) is 0 Å². The number of fused-ring (bicyclic) bond motifs is 1. The van der Waals surface area contributed by atoms with Crippen LogP contribution in [0.2, 0.25) is 0 Å². The topological polar surface area (TPSA) is 33.5 Å². The van der Waals surface area contributed by atoms with Gasteiger partial charge in [-0.15, -0.1) is 5.10 Å². The zero-order valence-electron chi connectivity index (χ0n) is 14.0. The Morgan fingerprint density at radius 3 is 2.91 bits per heavy atom. The third kappa shape index (κ3) is 4.46. The molecule has 0 radical (unpaired) electrons. The number of ether oxygens (including phenoxy) is 1. The lowest BCUT2D eigenvalue weighted by molar-refractivity contribution is 0.248. The Morgan fingerprint density at radius 1 is 1.05 bits per heavy atom. The van der Waals surface area contributed by atoms with Gasteiger partial charge < -0.3 is 14.5 Å². The van der Waals surface area contributed by atoms with Crippen molar-refractivity contribution in [3.05, 3.63) is 11.8 Å². The van der Waals surface area contributed by atoms with E-state index < -0.39 is 0 Å². The van der Waals surface area contributed by atoms with Crippen LogP contribution in [0.25, 0.3) is 0 Å². The van der Waals surface area contributed by atoms with Gasteiger partial charge in [0.25, 0.3) is 0 Å². The first kappa shape index (κ1) is 15.8. The molecule has 1 aromatic heterocycles. The van der Waals surface area contributed by atoms with E-state index in [1.54, 1.807) is 0 Å². The molecule has 3 rings (SSSR count). The highest BCUT2D eigenvalue weighted by Crippen LogP contribution is 2.19. The summed E-state index contributed by atoms with van der Waals surface area (Å²) in [5.41, 5.74) is 1.34. The molecule has 5 nitrogen and oxygen atoms in total. The minimum Gasteiger partial charge on any atom is -0.477 e. The van der Waals surface area contributed by atoms with Gasteiger partial charge >= 0.3 is 0 Å². The lowest BCUT2D eigenvalue weighted by Gasteiger charge is -2.19. The molecule has 0 atom stereocenters. The second-order valence-corrected chi connectivity index (χ2v) is 6.71. The molecule has 2 aliphatic heterocycles. The highest BCUT2D eigenvalue weighted by Gasteiger charge is 2.13. The molecule has 1 fully saturated rings. The maximum atomic E-state index is 5.83. The van der Waals surface area contributed by atoms with Crippen LogP contribution in [0, 0.1) is 0 Å². The predicted molar refractivity (Wildman–Crippen MR) is 88.4 cm³/mol. The lowest BCUT2D eigenvalue weighted by atomic mass is 10.1. The number of unbranched alkanes of at least 4 members (excludes halogenated alkanes) is 1. The Morgan fingerprint density at radius 2 is 2.00 bits per heavy atom. The van der Waals surface area contributed by atoms with Crippen molar-refractivity contribution in [2.24, 2.45) is 0 Å². The van der Waals surface area contributed by atoms with Gasteiger partial charge in [0.15, 0.2) is 0 Å². The van der Waals surface area contributed by atoms with Crippen LogP contribution < -0.4 is 4.74 Å². The number of aromatic nitrogens is 2. The average Bonchev–Trinajstić information content (AvgIpc) is 2.83. The van der Waals surface area contributed by atoms with Crippen molar-refractivity contribution in [2.75, 3.05) is 46.4 Å². The van der Waals surface area contributed by atoms with E-state index >= 15 is 0 Å². The Labute approximate surface area is 134 Å². The Kier molecular flexibility index (Phi) is 5.73. The van der Waals surface area contributed by atoms with E-state index in [9.17, 15) is 0 Å². The number of likely N-dealkylation sites (N-methyl/N-ethyl adjacent to an activating group) is 1. The van der Waals surface area contributed by atoms with Gasteiger partial charge in [-0.3, -0.25) is 4.68 Å². The van der Waals surface area contributed by atoms with E-state index in [0.29, 0.717) is 0 Å². The molecular formula is C17H30N4O. The second kappa shape index (κ2) is 7.97. The standard InChI is InChI=1S/C17H30N4O/c1-19-8-6-10-20(13-12-19)9-4-5-14-22-17-15-16-7-2-3-11-21(16)18-17/h15H,2-14H2,1H3. The zero-order chi connectivity index (χ0) is 15.2. The van der Waals surface area contributed by atoms with Crippen molar-refractivity contribution in [3.8, 4) is 5.88 Å². The summed E-state index contributed by atoms with van der Waals surface area (Å²) in [6.07, 6.45) is 7.33. The van der Waals surface area contributed by atoms with E-state index in [1.165, 1.54) is 64.1 Å². The molecule has 0 aromatic carbocycles. The minimum absolute atomic E-state index is 0.796. The molecule has 0 N–H and O–H groups in total. The smallest absolute Gasteiger partial charge is 0.232 e. The molecule has 1 saturated heterocycles. The second-order valence-electron chi connectivity index (χ2n) is 6.71. The molecule has 0 saturated carbocycles. The molecule has 0 bridgehead atoms. The predicted octanol–water partition coefficient (Wildman–Crippen LogP) is 2.02. The van der Waals surface area contributed by atoms with Crippen molar-refractivity contribution in [1.29, 1.82) is 0 Å². The molecule has 5 heteroatoms. The van der Waals surface area contributed by atoms with E-state index in [0.717, 1.165) is 31.9 Å². The fourth-order valence-electron chi connectivity index (χ4n) is 3.40. The number of nitrogens with zero attached hydrogens (tertiary/aromatic N) is 4. The van der Waals surface area contributed by atoms with E-state index in [4.69, 9.17) is 4.74 Å². The molecule has 0 unspecified atom stereocenters. The Bertz CT molecular complexity index is 436. The van der Waals surface area contributed by atoms with Crippen LogP contribution >= 0.6 is 0 Å². The van der Waals surface area contributed by atoms with Crippen LogP contribution in [-0.4, -0.2) is 66.0 Å². The van der Waals surface area contributed by atoms with Crippen molar-refractivity contribution in [1.82, 2.24) is 19.6 Å². The molecule has 0 amide bonds. The van der Waals surface area contributed by atoms with Crippen LogP contribution in [0.15, 0.2) is 6.07 Å². The SMILES string of the molecule is CN1CCCN(CCCCOc2cc3n(n2)CCCC3)CC1. The van der Waals surface area contributed by atoms with Gasteiger partial charge in [-0.1, -0.05) is 0 Å². The van der Waals surface area contributed by atoms with Gasteiger partial charge in [0.1, 0.15) is 0 Å². The maximum absolute atomic E-state index is 5.83. The average molecular weight is 306 g/mol. The van der Waals surface area contributed by atoms with Crippen LogP contribution in [0.3, 0.4) is 0 Å². The largest absolute Gasteiger partial charge is 0.477 e. The quantitative estimate of drug-likeness (QED) is 0.753. The van der Waals surface area contributed by atoms with Gasteiger partial charge in [0.2, 0.25) is 5.88 Å². The molecular weight excluding hydrogens is 276 g/mol. The first-order valence-corrected chi connectivity index (χ1v) is 8.92. The van der Waals surface area contributed by atoms with Crippen LogP contribution in [0.4, 0.5) is 0 Å². The number of hydrogen-bond donors (Lipinski definition) is 0. The first-order chi connectivity index (χ1) is 10.8. The number of rotatable bonds is 6. The van der Waals surface area contributed by atoms with E-state index in [2.05, 4.69) is 32.7 Å².